The van der Waals surface area contributed by atoms with Gasteiger partial charge < -0.3 is 14.6 Å². The molecule has 0 saturated heterocycles. The number of nitrogens with one attached hydrogen (secondary N) is 1. The second kappa shape index (κ2) is 8.98. The fourth-order valence-electron chi connectivity index (χ4n) is 2.74. The average molecular weight is 365 g/mol. The topological polar surface area (TPSA) is 77.2 Å². The zero-order valence-electron chi connectivity index (χ0n) is 15.6. The SMILES string of the molecule is COc1cccc(CCNC(=O)CCc2nc(-c3cccc(C)c3)no2)c1. The van der Waals surface area contributed by atoms with Crippen LogP contribution in [0.25, 0.3) is 11.4 Å². The van der Waals surface area contributed by atoms with Gasteiger partial charge in [0.05, 0.1) is 7.11 Å². The van der Waals surface area contributed by atoms with Crippen LogP contribution in [0.1, 0.15) is 23.4 Å². The van der Waals surface area contributed by atoms with E-state index in [4.69, 9.17) is 9.26 Å². The summed E-state index contributed by atoms with van der Waals surface area (Å²) in [5, 5.41) is 6.91. The maximum atomic E-state index is 12.0. The van der Waals surface area contributed by atoms with Crippen LogP contribution in [0.15, 0.2) is 53.1 Å². The molecule has 27 heavy (non-hydrogen) atoms. The van der Waals surface area contributed by atoms with Crippen molar-refractivity contribution in [2.75, 3.05) is 13.7 Å². The Bertz CT molecular complexity index is 905. The van der Waals surface area contributed by atoms with Gasteiger partial charge in [-0.3, -0.25) is 4.79 Å². The summed E-state index contributed by atoms with van der Waals surface area (Å²) in [5.74, 6) is 1.80. The molecule has 0 spiro atoms. The number of amides is 1. The van der Waals surface area contributed by atoms with Crippen molar-refractivity contribution in [1.29, 1.82) is 0 Å². The lowest BCUT2D eigenvalue weighted by Crippen LogP contribution is -2.25. The molecule has 0 saturated carbocycles. The Morgan fingerprint density at radius 1 is 1.15 bits per heavy atom. The maximum Gasteiger partial charge on any atom is 0.227 e. The number of rotatable bonds is 8. The zero-order valence-corrected chi connectivity index (χ0v) is 15.6. The van der Waals surface area contributed by atoms with E-state index in [0.29, 0.717) is 31.1 Å². The quantitative estimate of drug-likeness (QED) is 0.662. The van der Waals surface area contributed by atoms with Crippen LogP contribution in [0.2, 0.25) is 0 Å². The number of aromatic nitrogens is 2. The van der Waals surface area contributed by atoms with Crippen LogP contribution in [0.4, 0.5) is 0 Å². The highest BCUT2D eigenvalue weighted by molar-refractivity contribution is 5.76. The predicted molar refractivity (Wildman–Crippen MR) is 102 cm³/mol. The van der Waals surface area contributed by atoms with Gasteiger partial charge >= 0.3 is 0 Å². The molecule has 0 atom stereocenters. The molecule has 0 aliphatic rings. The van der Waals surface area contributed by atoms with E-state index in [9.17, 15) is 4.79 Å². The molecule has 0 fully saturated rings. The molecule has 3 rings (SSSR count). The number of aryl methyl sites for hydroxylation is 2. The molecular weight excluding hydrogens is 342 g/mol. The number of carbonyl (C=O) groups is 1. The summed E-state index contributed by atoms with van der Waals surface area (Å²) in [6, 6.07) is 15.7. The molecule has 0 radical (unpaired) electrons. The van der Waals surface area contributed by atoms with E-state index >= 15 is 0 Å². The monoisotopic (exact) mass is 365 g/mol. The number of carbonyl (C=O) groups excluding carboxylic acids is 1. The molecule has 140 valence electrons. The van der Waals surface area contributed by atoms with Gasteiger partial charge in [0, 0.05) is 24.9 Å². The minimum atomic E-state index is -0.0341. The van der Waals surface area contributed by atoms with Gasteiger partial charge in [-0.05, 0) is 37.1 Å². The van der Waals surface area contributed by atoms with Crippen LogP contribution in [0.5, 0.6) is 5.75 Å². The summed E-state index contributed by atoms with van der Waals surface area (Å²) in [6.45, 7) is 2.59. The molecule has 0 bridgehead atoms. The number of nitrogens with zero attached hydrogens (tertiary/aromatic N) is 2. The second-order valence-electron chi connectivity index (χ2n) is 6.33. The average Bonchev–Trinajstić information content (AvgIpc) is 3.16. The smallest absolute Gasteiger partial charge is 0.227 e. The third kappa shape index (κ3) is 5.41. The van der Waals surface area contributed by atoms with Gasteiger partial charge in [-0.15, -0.1) is 0 Å². The van der Waals surface area contributed by atoms with Crippen LogP contribution in [-0.2, 0) is 17.6 Å². The number of methoxy groups -OCH3 is 1. The summed E-state index contributed by atoms with van der Waals surface area (Å²) in [6.07, 6.45) is 1.48. The van der Waals surface area contributed by atoms with E-state index in [1.165, 1.54) is 0 Å². The first-order valence-corrected chi connectivity index (χ1v) is 8.93. The molecule has 2 aromatic carbocycles. The third-order valence-corrected chi connectivity index (χ3v) is 4.18. The zero-order chi connectivity index (χ0) is 19.1. The Kier molecular flexibility index (Phi) is 6.20. The van der Waals surface area contributed by atoms with E-state index in [-0.39, 0.29) is 5.91 Å². The van der Waals surface area contributed by atoms with Gasteiger partial charge in [-0.1, -0.05) is 41.1 Å². The first-order chi connectivity index (χ1) is 13.1. The summed E-state index contributed by atoms with van der Waals surface area (Å²) >= 11 is 0. The standard InChI is InChI=1S/C21H23N3O3/c1-15-5-3-7-17(13-15)21-23-20(27-24-21)10-9-19(25)22-12-11-16-6-4-8-18(14-16)26-2/h3-8,13-14H,9-12H2,1-2H3,(H,22,25). The van der Waals surface area contributed by atoms with Crippen LogP contribution in [-0.4, -0.2) is 29.7 Å². The first-order valence-electron chi connectivity index (χ1n) is 8.93. The summed E-state index contributed by atoms with van der Waals surface area (Å²) in [7, 11) is 1.64. The maximum absolute atomic E-state index is 12.0. The molecule has 0 aliphatic heterocycles. The van der Waals surface area contributed by atoms with Crippen molar-refractivity contribution in [3.8, 4) is 17.1 Å². The normalized spacial score (nSPS) is 10.6. The Morgan fingerprint density at radius 3 is 2.81 bits per heavy atom. The lowest BCUT2D eigenvalue weighted by Gasteiger charge is -2.06. The number of ether oxygens (including phenoxy) is 1. The summed E-state index contributed by atoms with van der Waals surface area (Å²) < 4.78 is 10.5. The van der Waals surface area contributed by atoms with Crippen molar-refractivity contribution in [1.82, 2.24) is 15.5 Å². The van der Waals surface area contributed by atoms with Crippen LogP contribution < -0.4 is 10.1 Å². The van der Waals surface area contributed by atoms with Gasteiger partial charge in [0.1, 0.15) is 5.75 Å². The lowest BCUT2D eigenvalue weighted by atomic mass is 10.1. The second-order valence-corrected chi connectivity index (χ2v) is 6.33. The molecule has 6 nitrogen and oxygen atoms in total. The number of hydrogen-bond acceptors (Lipinski definition) is 5. The Morgan fingerprint density at radius 2 is 2.00 bits per heavy atom. The lowest BCUT2D eigenvalue weighted by molar-refractivity contribution is -0.121. The molecule has 6 heteroatoms. The van der Waals surface area contributed by atoms with Crippen molar-refractivity contribution >= 4 is 5.91 Å². The predicted octanol–water partition coefficient (Wildman–Crippen LogP) is 3.35. The van der Waals surface area contributed by atoms with E-state index in [1.807, 2.05) is 55.5 Å². The molecule has 0 unspecified atom stereocenters. The molecule has 0 aliphatic carbocycles. The highest BCUT2D eigenvalue weighted by atomic mass is 16.5. The van der Waals surface area contributed by atoms with Crippen molar-refractivity contribution in [2.45, 2.75) is 26.2 Å². The molecular formula is C21H23N3O3. The Labute approximate surface area is 158 Å². The van der Waals surface area contributed by atoms with Crippen molar-refractivity contribution in [2.24, 2.45) is 0 Å². The van der Waals surface area contributed by atoms with Gasteiger partial charge in [-0.25, -0.2) is 0 Å². The first kappa shape index (κ1) is 18.6. The molecule has 1 heterocycles. The van der Waals surface area contributed by atoms with E-state index < -0.39 is 0 Å². The largest absolute Gasteiger partial charge is 0.497 e. The fraction of sp³-hybridized carbons (Fsp3) is 0.286. The third-order valence-electron chi connectivity index (χ3n) is 4.18. The van der Waals surface area contributed by atoms with Crippen LogP contribution in [0.3, 0.4) is 0 Å². The number of hydrogen-bond donors (Lipinski definition) is 1. The number of benzene rings is 2. The molecule has 3 aromatic rings. The molecule has 1 aromatic heterocycles. The highest BCUT2D eigenvalue weighted by Crippen LogP contribution is 2.17. The van der Waals surface area contributed by atoms with Gasteiger partial charge in [0.25, 0.3) is 0 Å². The summed E-state index contributed by atoms with van der Waals surface area (Å²) in [5.41, 5.74) is 3.16. The minimum absolute atomic E-state index is 0.0341. The highest BCUT2D eigenvalue weighted by Gasteiger charge is 2.10. The van der Waals surface area contributed by atoms with Gasteiger partial charge in [-0.2, -0.15) is 4.98 Å². The summed E-state index contributed by atoms with van der Waals surface area (Å²) in [4.78, 5) is 16.4. The van der Waals surface area contributed by atoms with Crippen molar-refractivity contribution in [3.05, 3.63) is 65.5 Å². The van der Waals surface area contributed by atoms with Crippen molar-refractivity contribution < 1.29 is 14.1 Å². The van der Waals surface area contributed by atoms with E-state index in [0.717, 1.165) is 28.9 Å². The van der Waals surface area contributed by atoms with Crippen LogP contribution in [0, 0.1) is 6.92 Å². The van der Waals surface area contributed by atoms with Crippen molar-refractivity contribution in [3.63, 3.8) is 0 Å². The van der Waals surface area contributed by atoms with E-state index in [2.05, 4.69) is 15.5 Å². The molecule has 1 N–H and O–H groups in total. The minimum Gasteiger partial charge on any atom is -0.497 e. The van der Waals surface area contributed by atoms with Gasteiger partial charge in [0.15, 0.2) is 0 Å². The van der Waals surface area contributed by atoms with E-state index in [1.54, 1.807) is 7.11 Å². The Balaban J connectivity index is 1.44. The van der Waals surface area contributed by atoms with Crippen LogP contribution >= 0.6 is 0 Å². The molecule has 1 amide bonds. The Hall–Kier alpha value is -3.15. The van der Waals surface area contributed by atoms with Gasteiger partial charge in [0.2, 0.25) is 17.6 Å². The fourth-order valence-corrected chi connectivity index (χ4v) is 2.74.